The van der Waals surface area contributed by atoms with Gasteiger partial charge in [0.15, 0.2) is 0 Å². The summed E-state index contributed by atoms with van der Waals surface area (Å²) in [6.45, 7) is 6.93. The van der Waals surface area contributed by atoms with Gasteiger partial charge in [0.05, 0.1) is 0 Å². The Morgan fingerprint density at radius 1 is 1.14 bits per heavy atom. The van der Waals surface area contributed by atoms with Crippen molar-refractivity contribution in [2.45, 2.75) is 32.7 Å². The van der Waals surface area contributed by atoms with Gasteiger partial charge >= 0.3 is 6.03 Å². The maximum Gasteiger partial charge on any atom is 0.319 e. The fourth-order valence-corrected chi connectivity index (χ4v) is 1.71. The van der Waals surface area contributed by atoms with E-state index in [0.29, 0.717) is 24.4 Å². The van der Waals surface area contributed by atoms with E-state index in [1.54, 1.807) is 31.4 Å². The molecule has 0 unspecified atom stereocenters. The van der Waals surface area contributed by atoms with Crippen molar-refractivity contribution in [1.82, 2.24) is 10.6 Å². The van der Waals surface area contributed by atoms with Gasteiger partial charge in [-0.25, -0.2) is 4.79 Å². The molecule has 0 fully saturated rings. The standard InChI is InChI=1S/C16H25N3O3/c1-16(2,3)19-14(20)12-6-8-13(9-7-12)18-15(21)17-10-5-11-22-4/h6-9H,5,10-11H2,1-4H3,(H,19,20)(H2,17,18,21). The lowest BCUT2D eigenvalue weighted by Gasteiger charge is -2.20. The van der Waals surface area contributed by atoms with Gasteiger partial charge in [-0.15, -0.1) is 0 Å². The molecule has 0 aromatic heterocycles. The Bertz CT molecular complexity index is 492. The highest BCUT2D eigenvalue weighted by Crippen LogP contribution is 2.10. The van der Waals surface area contributed by atoms with Gasteiger partial charge in [0, 0.05) is 37.1 Å². The number of hydrogen-bond acceptors (Lipinski definition) is 3. The number of ether oxygens (including phenoxy) is 1. The molecule has 1 rings (SSSR count). The summed E-state index contributed by atoms with van der Waals surface area (Å²) in [7, 11) is 1.62. The van der Waals surface area contributed by atoms with Gasteiger partial charge < -0.3 is 20.7 Å². The quantitative estimate of drug-likeness (QED) is 0.706. The predicted molar refractivity (Wildman–Crippen MR) is 87.2 cm³/mol. The van der Waals surface area contributed by atoms with Gasteiger partial charge in [-0.1, -0.05) is 0 Å². The molecule has 0 heterocycles. The van der Waals surface area contributed by atoms with E-state index in [9.17, 15) is 9.59 Å². The van der Waals surface area contributed by atoms with E-state index in [4.69, 9.17) is 4.74 Å². The van der Waals surface area contributed by atoms with Crippen LogP contribution in [0.3, 0.4) is 0 Å². The van der Waals surface area contributed by atoms with Gasteiger partial charge in [0.25, 0.3) is 5.91 Å². The van der Waals surface area contributed by atoms with Gasteiger partial charge in [0.1, 0.15) is 0 Å². The van der Waals surface area contributed by atoms with Crippen molar-refractivity contribution in [1.29, 1.82) is 0 Å². The summed E-state index contributed by atoms with van der Waals surface area (Å²) in [6, 6.07) is 6.49. The number of rotatable bonds is 6. The van der Waals surface area contributed by atoms with Crippen molar-refractivity contribution in [3.8, 4) is 0 Å². The third-order valence-corrected chi connectivity index (χ3v) is 2.70. The van der Waals surface area contributed by atoms with Crippen molar-refractivity contribution in [3.63, 3.8) is 0 Å². The third-order valence-electron chi connectivity index (χ3n) is 2.70. The Morgan fingerprint density at radius 3 is 2.32 bits per heavy atom. The van der Waals surface area contributed by atoms with Crippen LogP contribution in [-0.2, 0) is 4.74 Å². The first kappa shape index (κ1) is 18.0. The lowest BCUT2D eigenvalue weighted by atomic mass is 10.1. The van der Waals surface area contributed by atoms with Crippen LogP contribution >= 0.6 is 0 Å². The molecule has 0 bridgehead atoms. The summed E-state index contributed by atoms with van der Waals surface area (Å²) in [4.78, 5) is 23.6. The molecule has 0 atom stereocenters. The van der Waals surface area contributed by atoms with Crippen molar-refractivity contribution < 1.29 is 14.3 Å². The average Bonchev–Trinajstić information content (AvgIpc) is 2.42. The molecule has 0 saturated heterocycles. The number of benzene rings is 1. The number of urea groups is 1. The molecular weight excluding hydrogens is 282 g/mol. The maximum absolute atomic E-state index is 12.0. The SMILES string of the molecule is COCCCNC(=O)Nc1ccc(C(=O)NC(C)(C)C)cc1. The van der Waals surface area contributed by atoms with Crippen LogP contribution in [0.15, 0.2) is 24.3 Å². The number of carbonyl (C=O) groups excluding carboxylic acids is 2. The molecule has 0 aliphatic carbocycles. The van der Waals surface area contributed by atoms with E-state index < -0.39 is 0 Å². The average molecular weight is 307 g/mol. The highest BCUT2D eigenvalue weighted by molar-refractivity contribution is 5.95. The van der Waals surface area contributed by atoms with E-state index in [2.05, 4.69) is 16.0 Å². The Kier molecular flexibility index (Phi) is 6.85. The Morgan fingerprint density at radius 2 is 1.77 bits per heavy atom. The molecular formula is C16H25N3O3. The molecule has 1 aromatic carbocycles. The van der Waals surface area contributed by atoms with Crippen LogP contribution in [0, 0.1) is 0 Å². The van der Waals surface area contributed by atoms with E-state index >= 15 is 0 Å². The molecule has 3 N–H and O–H groups in total. The first-order valence-corrected chi connectivity index (χ1v) is 7.28. The maximum atomic E-state index is 12.0. The summed E-state index contributed by atoms with van der Waals surface area (Å²) in [5, 5.41) is 8.32. The number of hydrogen-bond donors (Lipinski definition) is 3. The molecule has 0 saturated carbocycles. The Hall–Kier alpha value is -2.08. The molecule has 1 aromatic rings. The fraction of sp³-hybridized carbons (Fsp3) is 0.500. The summed E-state index contributed by atoms with van der Waals surface area (Å²) in [6.07, 6.45) is 0.760. The van der Waals surface area contributed by atoms with Crippen LogP contribution in [0.5, 0.6) is 0 Å². The molecule has 3 amide bonds. The molecule has 6 nitrogen and oxygen atoms in total. The highest BCUT2D eigenvalue weighted by Gasteiger charge is 2.15. The molecule has 22 heavy (non-hydrogen) atoms. The van der Waals surface area contributed by atoms with Crippen molar-refractivity contribution >= 4 is 17.6 Å². The zero-order valence-electron chi connectivity index (χ0n) is 13.7. The van der Waals surface area contributed by atoms with Crippen LogP contribution < -0.4 is 16.0 Å². The summed E-state index contributed by atoms with van der Waals surface area (Å²) in [5.74, 6) is -0.136. The summed E-state index contributed by atoms with van der Waals surface area (Å²) >= 11 is 0. The van der Waals surface area contributed by atoms with Crippen LogP contribution in [0.2, 0.25) is 0 Å². The number of amides is 3. The minimum Gasteiger partial charge on any atom is -0.385 e. The molecule has 6 heteroatoms. The molecule has 0 aliphatic rings. The fourth-order valence-electron chi connectivity index (χ4n) is 1.71. The van der Waals surface area contributed by atoms with Gasteiger partial charge in [-0.2, -0.15) is 0 Å². The lowest BCUT2D eigenvalue weighted by Crippen LogP contribution is -2.40. The second kappa shape index (κ2) is 8.38. The lowest BCUT2D eigenvalue weighted by molar-refractivity contribution is 0.0919. The largest absolute Gasteiger partial charge is 0.385 e. The van der Waals surface area contributed by atoms with Crippen molar-refractivity contribution in [2.24, 2.45) is 0 Å². The van der Waals surface area contributed by atoms with Crippen LogP contribution in [0.25, 0.3) is 0 Å². The minimum atomic E-state index is -0.282. The zero-order valence-corrected chi connectivity index (χ0v) is 13.7. The van der Waals surface area contributed by atoms with E-state index in [1.807, 2.05) is 20.8 Å². The normalized spacial score (nSPS) is 10.9. The number of nitrogens with one attached hydrogen (secondary N) is 3. The third kappa shape index (κ3) is 7.08. The molecule has 0 radical (unpaired) electrons. The van der Waals surface area contributed by atoms with Gasteiger partial charge in [0.2, 0.25) is 0 Å². The van der Waals surface area contributed by atoms with Gasteiger partial charge in [-0.3, -0.25) is 4.79 Å². The van der Waals surface area contributed by atoms with Gasteiger partial charge in [-0.05, 0) is 51.5 Å². The smallest absolute Gasteiger partial charge is 0.319 e. The number of anilines is 1. The number of carbonyl (C=O) groups is 2. The second-order valence-corrected chi connectivity index (χ2v) is 6.01. The van der Waals surface area contributed by atoms with E-state index in [-0.39, 0.29) is 17.5 Å². The molecule has 0 aliphatic heterocycles. The van der Waals surface area contributed by atoms with Crippen LogP contribution in [-0.4, -0.2) is 37.7 Å². The topological polar surface area (TPSA) is 79.5 Å². The minimum absolute atomic E-state index is 0.136. The zero-order chi connectivity index (χ0) is 16.6. The van der Waals surface area contributed by atoms with E-state index in [0.717, 1.165) is 6.42 Å². The number of methoxy groups -OCH3 is 1. The monoisotopic (exact) mass is 307 g/mol. The first-order valence-electron chi connectivity index (χ1n) is 7.28. The Balaban J connectivity index is 2.47. The van der Waals surface area contributed by atoms with Crippen LogP contribution in [0.4, 0.5) is 10.5 Å². The highest BCUT2D eigenvalue weighted by atomic mass is 16.5. The Labute approximate surface area is 131 Å². The predicted octanol–water partition coefficient (Wildman–Crippen LogP) is 2.37. The summed E-state index contributed by atoms with van der Waals surface area (Å²) < 4.78 is 4.90. The second-order valence-electron chi connectivity index (χ2n) is 6.01. The van der Waals surface area contributed by atoms with Crippen LogP contribution in [0.1, 0.15) is 37.6 Å². The first-order chi connectivity index (χ1) is 10.3. The van der Waals surface area contributed by atoms with Crippen molar-refractivity contribution in [3.05, 3.63) is 29.8 Å². The summed E-state index contributed by atoms with van der Waals surface area (Å²) in [5.41, 5.74) is 0.911. The van der Waals surface area contributed by atoms with E-state index in [1.165, 1.54) is 0 Å². The molecule has 122 valence electrons. The molecule has 0 spiro atoms. The van der Waals surface area contributed by atoms with Crippen molar-refractivity contribution in [2.75, 3.05) is 25.6 Å².